The fraction of sp³-hybridized carbons (Fsp3) is 0.333. The number of rotatable bonds is 3. The second kappa shape index (κ2) is 4.84. The highest BCUT2D eigenvalue weighted by atomic mass is 35.5. The van der Waals surface area contributed by atoms with Gasteiger partial charge in [0, 0.05) is 11.8 Å². The fourth-order valence-corrected chi connectivity index (χ4v) is 1.67. The van der Waals surface area contributed by atoms with Gasteiger partial charge in [0.2, 0.25) is 0 Å². The van der Waals surface area contributed by atoms with Gasteiger partial charge in [0.15, 0.2) is 0 Å². The van der Waals surface area contributed by atoms with Crippen molar-refractivity contribution >= 4 is 24.2 Å². The number of hydrogen-bond donors (Lipinski definition) is 2. The van der Waals surface area contributed by atoms with Crippen LogP contribution < -0.4 is 5.32 Å². The molecule has 0 heterocycles. The Morgan fingerprint density at radius 3 is 2.77 bits per heavy atom. The molecule has 13 heavy (non-hydrogen) atoms. The molecule has 0 radical (unpaired) electrons. The van der Waals surface area contributed by atoms with Crippen LogP contribution in [0.1, 0.15) is 11.6 Å². The molecule has 0 aliphatic carbocycles. The molecule has 1 aromatic carbocycles. The van der Waals surface area contributed by atoms with E-state index < -0.39 is 0 Å². The molecule has 1 nitrogen and oxygen atoms in total. The second-order valence-electron chi connectivity index (χ2n) is 2.70. The Morgan fingerprint density at radius 2 is 2.31 bits per heavy atom. The Hall–Kier alpha value is -0.250. The number of thiol groups is 1. The van der Waals surface area contributed by atoms with Crippen molar-refractivity contribution in [3.05, 3.63) is 34.6 Å². The van der Waals surface area contributed by atoms with E-state index in [0.29, 0.717) is 5.75 Å². The Bertz CT molecular complexity index is 289. The molecule has 4 heteroatoms. The third kappa shape index (κ3) is 2.59. The van der Waals surface area contributed by atoms with Crippen LogP contribution in [0.5, 0.6) is 0 Å². The highest BCUT2D eigenvalue weighted by Crippen LogP contribution is 2.21. The average molecular weight is 220 g/mol. The first-order valence-corrected chi connectivity index (χ1v) is 4.93. The second-order valence-corrected chi connectivity index (χ2v) is 3.47. The lowest BCUT2D eigenvalue weighted by Crippen LogP contribution is -2.17. The van der Waals surface area contributed by atoms with Gasteiger partial charge in [-0.2, -0.15) is 12.6 Å². The molecule has 0 fully saturated rings. The predicted molar refractivity (Wildman–Crippen MR) is 57.1 cm³/mol. The number of halogens is 2. The first kappa shape index (κ1) is 10.8. The highest BCUT2D eigenvalue weighted by molar-refractivity contribution is 7.80. The monoisotopic (exact) mass is 219 g/mol. The van der Waals surface area contributed by atoms with Crippen LogP contribution in [0.25, 0.3) is 0 Å². The van der Waals surface area contributed by atoms with Crippen molar-refractivity contribution < 1.29 is 4.39 Å². The molecule has 72 valence electrons. The molecule has 0 spiro atoms. The van der Waals surface area contributed by atoms with Gasteiger partial charge in [-0.1, -0.05) is 17.7 Å². The summed E-state index contributed by atoms with van der Waals surface area (Å²) in [6.07, 6.45) is 0. The zero-order chi connectivity index (χ0) is 9.84. The van der Waals surface area contributed by atoms with Gasteiger partial charge in [-0.15, -0.1) is 0 Å². The maximum absolute atomic E-state index is 12.8. The smallest absolute Gasteiger partial charge is 0.141 e. The van der Waals surface area contributed by atoms with Crippen LogP contribution in [0.4, 0.5) is 4.39 Å². The zero-order valence-electron chi connectivity index (χ0n) is 7.22. The molecule has 1 unspecified atom stereocenters. The summed E-state index contributed by atoms with van der Waals surface area (Å²) in [5.74, 6) is 0.262. The minimum absolute atomic E-state index is 0.112. The lowest BCUT2D eigenvalue weighted by atomic mass is 10.1. The topological polar surface area (TPSA) is 12.0 Å². The molecule has 1 atom stereocenters. The molecule has 1 aromatic rings. The molecule has 1 N–H and O–H groups in total. The number of benzene rings is 1. The maximum atomic E-state index is 12.8. The Labute approximate surface area is 87.7 Å². The van der Waals surface area contributed by atoms with Crippen LogP contribution in [-0.4, -0.2) is 12.8 Å². The standard InChI is InChI=1S/C9H11ClFNS/c1-12-9(5-13)6-2-3-8(11)7(10)4-6/h2-4,9,12-13H,5H2,1H3. The van der Waals surface area contributed by atoms with Gasteiger partial charge in [-0.3, -0.25) is 0 Å². The van der Waals surface area contributed by atoms with E-state index in [1.165, 1.54) is 6.07 Å². The molecular weight excluding hydrogens is 209 g/mol. The summed E-state index contributed by atoms with van der Waals surface area (Å²) in [6, 6.07) is 4.81. The first-order chi connectivity index (χ1) is 6.19. The molecule has 0 saturated heterocycles. The van der Waals surface area contributed by atoms with E-state index in [0.717, 1.165) is 5.56 Å². The summed E-state index contributed by atoms with van der Waals surface area (Å²) in [5, 5.41) is 3.21. The highest BCUT2D eigenvalue weighted by Gasteiger charge is 2.08. The van der Waals surface area contributed by atoms with Crippen molar-refractivity contribution in [1.29, 1.82) is 0 Å². The normalized spacial score (nSPS) is 12.9. The SMILES string of the molecule is CNC(CS)c1ccc(F)c(Cl)c1. The quantitative estimate of drug-likeness (QED) is 0.745. The molecule has 0 saturated carbocycles. The van der Waals surface area contributed by atoms with Crippen molar-refractivity contribution in [2.24, 2.45) is 0 Å². The van der Waals surface area contributed by atoms with Gasteiger partial charge in [0.05, 0.1) is 5.02 Å². The summed E-state index contributed by atoms with van der Waals surface area (Å²) in [6.45, 7) is 0. The summed E-state index contributed by atoms with van der Waals surface area (Å²) in [4.78, 5) is 0. The number of hydrogen-bond acceptors (Lipinski definition) is 2. The van der Waals surface area contributed by atoms with E-state index in [-0.39, 0.29) is 16.9 Å². The van der Waals surface area contributed by atoms with Crippen molar-refractivity contribution in [3.63, 3.8) is 0 Å². The molecule has 0 aliphatic heterocycles. The molecule has 0 amide bonds. The van der Waals surface area contributed by atoms with Crippen molar-refractivity contribution in [2.45, 2.75) is 6.04 Å². The lowest BCUT2D eigenvalue weighted by molar-refractivity contribution is 0.621. The van der Waals surface area contributed by atoms with Gasteiger partial charge in [-0.25, -0.2) is 4.39 Å². The molecular formula is C9H11ClFNS. The van der Waals surface area contributed by atoms with Crippen molar-refractivity contribution in [1.82, 2.24) is 5.32 Å². The van der Waals surface area contributed by atoms with E-state index in [9.17, 15) is 4.39 Å². The minimum atomic E-state index is -0.389. The summed E-state index contributed by atoms with van der Waals surface area (Å²) in [5.41, 5.74) is 0.948. The van der Waals surface area contributed by atoms with Gasteiger partial charge in [0.1, 0.15) is 5.82 Å². The molecule has 0 aromatic heterocycles. The van der Waals surface area contributed by atoms with E-state index in [4.69, 9.17) is 11.6 Å². The molecule has 0 aliphatic rings. The number of nitrogens with one attached hydrogen (secondary N) is 1. The fourth-order valence-electron chi connectivity index (χ4n) is 1.09. The van der Waals surface area contributed by atoms with Crippen LogP contribution in [-0.2, 0) is 0 Å². The summed E-state index contributed by atoms with van der Waals surface area (Å²) in [7, 11) is 1.83. The Kier molecular flexibility index (Phi) is 4.03. The zero-order valence-corrected chi connectivity index (χ0v) is 8.87. The van der Waals surface area contributed by atoms with Crippen LogP contribution in [0, 0.1) is 5.82 Å². The largest absolute Gasteiger partial charge is 0.312 e. The molecule has 1 rings (SSSR count). The van der Waals surface area contributed by atoms with Gasteiger partial charge < -0.3 is 5.32 Å². The van der Waals surface area contributed by atoms with Crippen molar-refractivity contribution in [3.8, 4) is 0 Å². The van der Waals surface area contributed by atoms with Crippen LogP contribution in [0.2, 0.25) is 5.02 Å². The van der Waals surface area contributed by atoms with E-state index in [2.05, 4.69) is 17.9 Å². The predicted octanol–water partition coefficient (Wildman–Crippen LogP) is 2.67. The van der Waals surface area contributed by atoms with Crippen LogP contribution >= 0.6 is 24.2 Å². The summed E-state index contributed by atoms with van der Waals surface area (Å²) < 4.78 is 12.8. The van der Waals surface area contributed by atoms with E-state index in [1.807, 2.05) is 7.05 Å². The third-order valence-electron chi connectivity index (χ3n) is 1.88. The van der Waals surface area contributed by atoms with Gasteiger partial charge in [-0.05, 0) is 24.7 Å². The van der Waals surface area contributed by atoms with Crippen molar-refractivity contribution in [2.75, 3.05) is 12.8 Å². The Morgan fingerprint density at radius 1 is 1.62 bits per heavy atom. The first-order valence-electron chi connectivity index (χ1n) is 3.92. The van der Waals surface area contributed by atoms with Crippen LogP contribution in [0.15, 0.2) is 18.2 Å². The Balaban J connectivity index is 2.95. The van der Waals surface area contributed by atoms with Gasteiger partial charge in [0.25, 0.3) is 0 Å². The van der Waals surface area contributed by atoms with Crippen LogP contribution in [0.3, 0.4) is 0 Å². The minimum Gasteiger partial charge on any atom is -0.312 e. The maximum Gasteiger partial charge on any atom is 0.141 e. The lowest BCUT2D eigenvalue weighted by Gasteiger charge is -2.13. The van der Waals surface area contributed by atoms with E-state index in [1.54, 1.807) is 12.1 Å². The van der Waals surface area contributed by atoms with Gasteiger partial charge >= 0.3 is 0 Å². The average Bonchev–Trinajstić information content (AvgIpc) is 2.13. The van der Waals surface area contributed by atoms with E-state index >= 15 is 0 Å². The summed E-state index contributed by atoms with van der Waals surface area (Å²) >= 11 is 9.81. The molecule has 0 bridgehead atoms. The third-order valence-corrected chi connectivity index (χ3v) is 2.53.